The number of nitrogens with one attached hydrogen (secondary N) is 1. The molecule has 1 aliphatic rings. The van der Waals surface area contributed by atoms with E-state index < -0.39 is 27.6 Å². The van der Waals surface area contributed by atoms with Crippen LogP contribution < -0.4 is 9.46 Å². The predicted octanol–water partition coefficient (Wildman–Crippen LogP) is 6.13. The van der Waals surface area contributed by atoms with Gasteiger partial charge >= 0.3 is 5.97 Å². The van der Waals surface area contributed by atoms with E-state index in [4.69, 9.17) is 9.47 Å². The third-order valence-electron chi connectivity index (χ3n) is 6.31. The van der Waals surface area contributed by atoms with Crippen molar-refractivity contribution in [2.45, 2.75) is 69.9 Å². The van der Waals surface area contributed by atoms with E-state index >= 15 is 0 Å². The van der Waals surface area contributed by atoms with Crippen LogP contribution in [0.25, 0.3) is 11.1 Å². The van der Waals surface area contributed by atoms with E-state index in [0.717, 1.165) is 47.1 Å². The number of benzene rings is 3. The standard InChI is InChI=1S/C30H35NO5S/c1-21-15-17-22(18-16-21)23-9-7-10-24(19-23)37(33,34)31-27-13-6-5-11-26-25(27)12-8-14-28(26)35-20-29(32)36-30(2,3)4/h7-10,12,14-19,27,31H,5-6,11,13,20H2,1-4H3. The van der Waals surface area contributed by atoms with Gasteiger partial charge in [0.15, 0.2) is 6.61 Å². The summed E-state index contributed by atoms with van der Waals surface area (Å²) in [5, 5.41) is 0. The lowest BCUT2D eigenvalue weighted by Gasteiger charge is -2.22. The van der Waals surface area contributed by atoms with Crippen LogP contribution in [0.1, 0.15) is 62.8 Å². The maximum Gasteiger partial charge on any atom is 0.344 e. The van der Waals surface area contributed by atoms with Crippen LogP contribution in [0.5, 0.6) is 5.75 Å². The normalized spacial score (nSPS) is 15.9. The van der Waals surface area contributed by atoms with Crippen molar-refractivity contribution >= 4 is 16.0 Å². The van der Waals surface area contributed by atoms with Crippen LogP contribution in [0.15, 0.2) is 71.6 Å². The van der Waals surface area contributed by atoms with Crippen molar-refractivity contribution in [2.75, 3.05) is 6.61 Å². The number of hydrogen-bond acceptors (Lipinski definition) is 5. The molecule has 0 spiro atoms. The van der Waals surface area contributed by atoms with Crippen LogP contribution in [0.3, 0.4) is 0 Å². The summed E-state index contributed by atoms with van der Waals surface area (Å²) in [7, 11) is -3.78. The minimum absolute atomic E-state index is 0.198. The van der Waals surface area contributed by atoms with Crippen LogP contribution in [0.4, 0.5) is 0 Å². The van der Waals surface area contributed by atoms with Gasteiger partial charge in [-0.2, -0.15) is 0 Å². The second kappa shape index (κ2) is 11.1. The van der Waals surface area contributed by atoms with Crippen molar-refractivity contribution in [2.24, 2.45) is 0 Å². The third kappa shape index (κ3) is 6.99. The number of carbonyl (C=O) groups excluding carboxylic acids is 1. The Bertz CT molecular complexity index is 1360. The summed E-state index contributed by atoms with van der Waals surface area (Å²) >= 11 is 0. The first-order chi connectivity index (χ1) is 17.5. The summed E-state index contributed by atoms with van der Waals surface area (Å²) in [4.78, 5) is 12.4. The molecule has 0 fully saturated rings. The monoisotopic (exact) mass is 521 g/mol. The third-order valence-corrected chi connectivity index (χ3v) is 7.78. The fraction of sp³-hybridized carbons (Fsp3) is 0.367. The first-order valence-electron chi connectivity index (χ1n) is 12.7. The highest BCUT2D eigenvalue weighted by Gasteiger charge is 2.27. The molecule has 7 heteroatoms. The van der Waals surface area contributed by atoms with Crippen LogP contribution in [-0.4, -0.2) is 26.6 Å². The van der Waals surface area contributed by atoms with Gasteiger partial charge in [0.05, 0.1) is 4.90 Å². The Morgan fingerprint density at radius 3 is 2.43 bits per heavy atom. The Morgan fingerprint density at radius 2 is 1.70 bits per heavy atom. The van der Waals surface area contributed by atoms with Gasteiger partial charge in [-0.3, -0.25) is 0 Å². The highest BCUT2D eigenvalue weighted by Crippen LogP contribution is 2.35. The van der Waals surface area contributed by atoms with Gasteiger partial charge in [-0.05, 0) is 87.4 Å². The average molecular weight is 522 g/mol. The second-order valence-corrected chi connectivity index (χ2v) is 12.2. The van der Waals surface area contributed by atoms with Crippen molar-refractivity contribution in [1.82, 2.24) is 4.72 Å². The molecule has 0 aromatic heterocycles. The summed E-state index contributed by atoms with van der Waals surface area (Å²) in [6.07, 6.45) is 3.21. The Hall–Kier alpha value is -3.16. The number of sulfonamides is 1. The zero-order chi connectivity index (χ0) is 26.6. The molecule has 1 aliphatic carbocycles. The predicted molar refractivity (Wildman–Crippen MR) is 145 cm³/mol. The molecule has 1 atom stereocenters. The van der Waals surface area contributed by atoms with E-state index in [1.54, 1.807) is 18.2 Å². The van der Waals surface area contributed by atoms with Crippen molar-refractivity contribution in [3.63, 3.8) is 0 Å². The van der Waals surface area contributed by atoms with E-state index in [9.17, 15) is 13.2 Å². The van der Waals surface area contributed by atoms with Gasteiger partial charge < -0.3 is 9.47 Å². The molecule has 196 valence electrons. The number of rotatable bonds is 7. The van der Waals surface area contributed by atoms with Crippen LogP contribution >= 0.6 is 0 Å². The molecule has 4 rings (SSSR count). The van der Waals surface area contributed by atoms with E-state index in [-0.39, 0.29) is 11.5 Å². The van der Waals surface area contributed by atoms with Crippen molar-refractivity contribution in [1.29, 1.82) is 0 Å². The lowest BCUT2D eigenvalue weighted by atomic mass is 9.99. The fourth-order valence-corrected chi connectivity index (χ4v) is 5.89. The molecule has 6 nitrogen and oxygen atoms in total. The molecule has 0 heterocycles. The minimum atomic E-state index is -3.78. The average Bonchev–Trinajstić information content (AvgIpc) is 3.04. The Morgan fingerprint density at radius 1 is 0.973 bits per heavy atom. The minimum Gasteiger partial charge on any atom is -0.482 e. The SMILES string of the molecule is Cc1ccc(-c2cccc(S(=O)(=O)NC3CCCCc4c(OCC(=O)OC(C)(C)C)cccc43)c2)cc1. The Labute approximate surface area is 220 Å². The van der Waals surface area contributed by atoms with Gasteiger partial charge in [0.1, 0.15) is 11.4 Å². The molecular weight excluding hydrogens is 486 g/mol. The lowest BCUT2D eigenvalue weighted by Crippen LogP contribution is -2.29. The molecule has 0 bridgehead atoms. The fourth-order valence-electron chi connectivity index (χ4n) is 4.59. The number of ether oxygens (including phenoxy) is 2. The highest BCUT2D eigenvalue weighted by atomic mass is 32.2. The van der Waals surface area contributed by atoms with Gasteiger partial charge in [-0.15, -0.1) is 0 Å². The Balaban J connectivity index is 1.56. The molecule has 0 saturated heterocycles. The summed E-state index contributed by atoms with van der Waals surface area (Å²) in [6.45, 7) is 7.26. The van der Waals surface area contributed by atoms with Gasteiger partial charge in [0, 0.05) is 6.04 Å². The molecular formula is C30H35NO5S. The number of fused-ring (bicyclic) bond motifs is 1. The molecule has 0 saturated carbocycles. The highest BCUT2D eigenvalue weighted by molar-refractivity contribution is 7.89. The van der Waals surface area contributed by atoms with E-state index in [2.05, 4.69) is 4.72 Å². The molecule has 3 aromatic rings. The molecule has 3 aromatic carbocycles. The Kier molecular flexibility index (Phi) is 8.05. The van der Waals surface area contributed by atoms with E-state index in [1.807, 2.05) is 76.2 Å². The summed E-state index contributed by atoms with van der Waals surface area (Å²) in [5.41, 5.74) is 4.20. The molecule has 0 amide bonds. The van der Waals surface area contributed by atoms with Gasteiger partial charge in [0.2, 0.25) is 10.0 Å². The summed E-state index contributed by atoms with van der Waals surface area (Å²) in [5.74, 6) is 0.153. The number of aryl methyl sites for hydroxylation is 1. The molecule has 0 radical (unpaired) electrons. The van der Waals surface area contributed by atoms with Crippen LogP contribution in [0, 0.1) is 6.92 Å². The first-order valence-corrected chi connectivity index (χ1v) is 14.2. The van der Waals surface area contributed by atoms with Crippen molar-refractivity contribution in [3.05, 3.63) is 83.4 Å². The second-order valence-electron chi connectivity index (χ2n) is 10.5. The van der Waals surface area contributed by atoms with Gasteiger partial charge in [0.25, 0.3) is 0 Å². The van der Waals surface area contributed by atoms with Gasteiger partial charge in [-0.25, -0.2) is 17.9 Å². The molecule has 1 N–H and O–H groups in total. The van der Waals surface area contributed by atoms with Gasteiger partial charge in [-0.1, -0.05) is 60.5 Å². The maximum absolute atomic E-state index is 13.5. The number of carbonyl (C=O) groups is 1. The zero-order valence-electron chi connectivity index (χ0n) is 21.9. The molecule has 1 unspecified atom stereocenters. The summed E-state index contributed by atoms with van der Waals surface area (Å²) in [6, 6.07) is 20.3. The number of hydrogen-bond donors (Lipinski definition) is 1. The van der Waals surface area contributed by atoms with Crippen LogP contribution in [-0.2, 0) is 26.0 Å². The molecule has 0 aliphatic heterocycles. The number of esters is 1. The van der Waals surface area contributed by atoms with Crippen molar-refractivity contribution < 1.29 is 22.7 Å². The van der Waals surface area contributed by atoms with E-state index in [0.29, 0.717) is 12.2 Å². The zero-order valence-corrected chi connectivity index (χ0v) is 22.7. The topological polar surface area (TPSA) is 81.7 Å². The maximum atomic E-state index is 13.5. The van der Waals surface area contributed by atoms with Crippen molar-refractivity contribution in [3.8, 4) is 16.9 Å². The first kappa shape index (κ1) is 26.9. The smallest absolute Gasteiger partial charge is 0.344 e. The molecule has 37 heavy (non-hydrogen) atoms. The van der Waals surface area contributed by atoms with Crippen LogP contribution in [0.2, 0.25) is 0 Å². The quantitative estimate of drug-likeness (QED) is 0.299. The largest absolute Gasteiger partial charge is 0.482 e. The summed E-state index contributed by atoms with van der Waals surface area (Å²) < 4.78 is 41.1. The lowest BCUT2D eigenvalue weighted by molar-refractivity contribution is -0.157. The van der Waals surface area contributed by atoms with E-state index in [1.165, 1.54) is 0 Å².